The van der Waals surface area contributed by atoms with E-state index in [1.807, 2.05) is 23.1 Å². The highest BCUT2D eigenvalue weighted by Gasteiger charge is 2.73. The molecule has 1 spiro atoms. The topological polar surface area (TPSA) is 84.7 Å². The number of ether oxygens (including phenoxy) is 1. The van der Waals surface area contributed by atoms with Crippen molar-refractivity contribution < 1.29 is 18.8 Å². The molecule has 36 heavy (non-hydrogen) atoms. The van der Waals surface area contributed by atoms with E-state index >= 15 is 0 Å². The molecule has 3 aromatic rings. The molecule has 9 heteroatoms. The van der Waals surface area contributed by atoms with Crippen molar-refractivity contribution in [3.05, 3.63) is 104 Å². The maximum absolute atomic E-state index is 14.0. The number of rotatable bonds is 5. The molecular weight excluding hydrogens is 485 g/mol. The fraction of sp³-hybridized carbons (Fsp3) is 0.296. The van der Waals surface area contributed by atoms with Gasteiger partial charge in [0.05, 0.1) is 10.9 Å². The Morgan fingerprint density at radius 3 is 2.72 bits per heavy atom. The van der Waals surface area contributed by atoms with Crippen LogP contribution in [0.15, 0.2) is 66.7 Å². The maximum atomic E-state index is 14.0. The lowest BCUT2D eigenvalue weighted by atomic mass is 9.77. The molecule has 3 aromatic carbocycles. The Kier molecular flexibility index (Phi) is 5.46. The lowest BCUT2D eigenvalue weighted by Gasteiger charge is -2.32. The van der Waals surface area contributed by atoms with Gasteiger partial charge >= 0.3 is 0 Å². The first-order valence-electron chi connectivity index (χ1n) is 11.9. The number of nitrogens with zero attached hydrogens (tertiary/aromatic N) is 2. The molecule has 7 nitrogen and oxygen atoms in total. The second-order valence-corrected chi connectivity index (χ2v) is 9.90. The molecule has 2 fully saturated rings. The van der Waals surface area contributed by atoms with Gasteiger partial charge < -0.3 is 10.1 Å². The van der Waals surface area contributed by atoms with E-state index in [0.717, 1.165) is 12.8 Å². The van der Waals surface area contributed by atoms with Crippen molar-refractivity contribution in [2.75, 3.05) is 11.9 Å². The number of halogens is 2. The van der Waals surface area contributed by atoms with Crippen LogP contribution in [0.3, 0.4) is 0 Å². The number of nitro groups is 1. The summed E-state index contributed by atoms with van der Waals surface area (Å²) in [7, 11) is 0. The molecule has 0 aliphatic carbocycles. The van der Waals surface area contributed by atoms with Crippen LogP contribution in [0.25, 0.3) is 0 Å². The number of fused-ring (bicyclic) bond motifs is 4. The third-order valence-corrected chi connectivity index (χ3v) is 8.07. The molecule has 0 radical (unpaired) electrons. The summed E-state index contributed by atoms with van der Waals surface area (Å²) in [5, 5.41) is 15.9. The van der Waals surface area contributed by atoms with Crippen molar-refractivity contribution in [3.63, 3.8) is 0 Å². The molecule has 3 aliphatic rings. The number of anilines is 1. The summed E-state index contributed by atoms with van der Waals surface area (Å²) in [6.45, 7) is 0.605. The van der Waals surface area contributed by atoms with Gasteiger partial charge in [-0.05, 0) is 42.7 Å². The number of para-hydroxylation sites is 1. The Balaban J connectivity index is 1.38. The fourth-order valence-corrected chi connectivity index (χ4v) is 6.63. The molecule has 3 heterocycles. The molecule has 1 N–H and O–H groups in total. The Morgan fingerprint density at radius 2 is 1.94 bits per heavy atom. The molecule has 184 valence electrons. The van der Waals surface area contributed by atoms with Gasteiger partial charge in [-0.15, -0.1) is 0 Å². The van der Waals surface area contributed by atoms with Gasteiger partial charge in [-0.1, -0.05) is 54.1 Å². The van der Waals surface area contributed by atoms with Gasteiger partial charge in [-0.25, -0.2) is 4.39 Å². The summed E-state index contributed by atoms with van der Waals surface area (Å²) in [4.78, 5) is 27.9. The van der Waals surface area contributed by atoms with E-state index < -0.39 is 17.5 Å². The average Bonchev–Trinajstić information content (AvgIpc) is 3.52. The number of benzene rings is 3. The molecule has 2 saturated heterocycles. The number of amides is 1. The standard InChI is InChI=1S/C27H23ClFN3O4/c28-19-14-16(11-12-23(19)36-15-17-6-1-3-8-20(17)29)24-22-10-5-13-31(22)27(25(24)32(34)35)18-7-2-4-9-21(18)30-26(27)33/h1-4,6-9,11-12,14,22,24-25H,5,10,13,15H2,(H,30,33)/t22-,24+,25+,27-/m0/s1. The van der Waals surface area contributed by atoms with Crippen molar-refractivity contribution in [1.29, 1.82) is 0 Å². The average molecular weight is 508 g/mol. The summed E-state index contributed by atoms with van der Waals surface area (Å²) in [5.74, 6) is -0.902. The highest BCUT2D eigenvalue weighted by molar-refractivity contribution is 6.32. The smallest absolute Gasteiger partial charge is 0.256 e. The van der Waals surface area contributed by atoms with Crippen LogP contribution in [0.5, 0.6) is 5.75 Å². The van der Waals surface area contributed by atoms with E-state index in [1.165, 1.54) is 6.07 Å². The fourth-order valence-electron chi connectivity index (χ4n) is 6.39. The van der Waals surface area contributed by atoms with E-state index in [9.17, 15) is 19.3 Å². The number of hydrogen-bond donors (Lipinski definition) is 1. The van der Waals surface area contributed by atoms with Gasteiger partial charge in [0.25, 0.3) is 11.9 Å². The number of carbonyl (C=O) groups excluding carboxylic acids is 1. The zero-order chi connectivity index (χ0) is 25.0. The molecule has 0 aromatic heterocycles. The number of hydrogen-bond acceptors (Lipinski definition) is 5. The predicted octanol–water partition coefficient (Wildman–Crippen LogP) is 5.11. The van der Waals surface area contributed by atoms with Crippen molar-refractivity contribution in [2.24, 2.45) is 0 Å². The van der Waals surface area contributed by atoms with E-state index in [1.54, 1.807) is 42.5 Å². The molecule has 0 saturated carbocycles. The van der Waals surface area contributed by atoms with Crippen LogP contribution in [0.2, 0.25) is 5.02 Å². The van der Waals surface area contributed by atoms with Crippen LogP contribution in [-0.4, -0.2) is 34.4 Å². The normalized spacial score (nSPS) is 26.6. The molecule has 0 unspecified atom stereocenters. The zero-order valence-corrected chi connectivity index (χ0v) is 20.0. The van der Waals surface area contributed by atoms with Crippen LogP contribution in [-0.2, 0) is 16.9 Å². The number of nitrogens with one attached hydrogen (secondary N) is 1. The van der Waals surface area contributed by atoms with Gasteiger partial charge in [-0.2, -0.15) is 0 Å². The minimum absolute atomic E-state index is 0.00314. The third kappa shape index (κ3) is 3.24. The van der Waals surface area contributed by atoms with Gasteiger partial charge in [0.1, 0.15) is 18.2 Å². The zero-order valence-electron chi connectivity index (χ0n) is 19.2. The minimum atomic E-state index is -1.38. The van der Waals surface area contributed by atoms with Crippen molar-refractivity contribution in [3.8, 4) is 5.75 Å². The van der Waals surface area contributed by atoms with Gasteiger partial charge in [0.2, 0.25) is 0 Å². The van der Waals surface area contributed by atoms with E-state index in [2.05, 4.69) is 5.32 Å². The first-order valence-corrected chi connectivity index (χ1v) is 12.3. The SMILES string of the molecule is O=C1Nc2ccccc2[C@]12[C@H]([N+](=O)[O-])[C@H](c1ccc(OCc3ccccc3F)c(Cl)c1)[C@@H]1CCCN12. The van der Waals surface area contributed by atoms with Crippen LogP contribution < -0.4 is 10.1 Å². The van der Waals surface area contributed by atoms with E-state index in [-0.39, 0.29) is 34.3 Å². The van der Waals surface area contributed by atoms with Gasteiger partial charge in [-0.3, -0.25) is 19.8 Å². The second kappa shape index (κ2) is 8.57. The lowest BCUT2D eigenvalue weighted by Crippen LogP contribution is -2.55. The van der Waals surface area contributed by atoms with Crippen LogP contribution in [0, 0.1) is 15.9 Å². The predicted molar refractivity (Wildman–Crippen MR) is 132 cm³/mol. The molecule has 3 aliphatic heterocycles. The Labute approximate surface area is 212 Å². The molecule has 6 rings (SSSR count). The quantitative estimate of drug-likeness (QED) is 0.383. The first-order chi connectivity index (χ1) is 17.4. The Bertz CT molecular complexity index is 1380. The summed E-state index contributed by atoms with van der Waals surface area (Å²) in [5.41, 5.74) is 0.984. The van der Waals surface area contributed by atoms with E-state index in [0.29, 0.717) is 34.7 Å². The first kappa shape index (κ1) is 22.9. The van der Waals surface area contributed by atoms with Gasteiger partial charge in [0.15, 0.2) is 5.54 Å². The third-order valence-electron chi connectivity index (χ3n) is 7.78. The van der Waals surface area contributed by atoms with Crippen LogP contribution in [0.4, 0.5) is 10.1 Å². The summed E-state index contributed by atoms with van der Waals surface area (Å²) < 4.78 is 19.7. The monoisotopic (exact) mass is 507 g/mol. The van der Waals surface area contributed by atoms with Crippen molar-refractivity contribution in [2.45, 2.75) is 43.0 Å². The Morgan fingerprint density at radius 1 is 1.17 bits per heavy atom. The van der Waals surface area contributed by atoms with Crippen LogP contribution in [0.1, 0.15) is 35.4 Å². The molecule has 1 amide bonds. The summed E-state index contributed by atoms with van der Waals surface area (Å²) in [6, 6.07) is 17.3. The van der Waals surface area contributed by atoms with E-state index in [4.69, 9.17) is 16.3 Å². The highest BCUT2D eigenvalue weighted by atomic mass is 35.5. The summed E-state index contributed by atoms with van der Waals surface area (Å²) in [6.07, 6.45) is 1.59. The lowest BCUT2D eigenvalue weighted by molar-refractivity contribution is -0.534. The van der Waals surface area contributed by atoms with Gasteiger partial charge in [0, 0.05) is 34.3 Å². The number of carbonyl (C=O) groups is 1. The maximum Gasteiger partial charge on any atom is 0.256 e. The van der Waals surface area contributed by atoms with Crippen LogP contribution >= 0.6 is 11.6 Å². The summed E-state index contributed by atoms with van der Waals surface area (Å²) >= 11 is 6.56. The van der Waals surface area contributed by atoms with Crippen molar-refractivity contribution >= 4 is 23.2 Å². The Hall–Kier alpha value is -3.49. The highest BCUT2D eigenvalue weighted by Crippen LogP contribution is 2.58. The largest absolute Gasteiger partial charge is 0.487 e. The minimum Gasteiger partial charge on any atom is -0.487 e. The molecule has 0 bridgehead atoms. The van der Waals surface area contributed by atoms with Crippen molar-refractivity contribution in [1.82, 2.24) is 4.90 Å². The molecular formula is C27H23ClFN3O4. The second-order valence-electron chi connectivity index (χ2n) is 9.49. The molecule has 4 atom stereocenters.